The summed E-state index contributed by atoms with van der Waals surface area (Å²) in [7, 11) is 0. The van der Waals surface area contributed by atoms with Crippen molar-refractivity contribution in [3.05, 3.63) is 59.7 Å². The normalized spacial score (nSPS) is 18.9. The summed E-state index contributed by atoms with van der Waals surface area (Å²) in [4.78, 5) is 38.6. The lowest BCUT2D eigenvalue weighted by Gasteiger charge is -2.34. The Morgan fingerprint density at radius 2 is 1.63 bits per heavy atom. The maximum atomic E-state index is 13.2. The molecule has 7 heteroatoms. The molecule has 0 radical (unpaired) electrons. The van der Waals surface area contributed by atoms with E-state index in [1.807, 2.05) is 31.2 Å². The summed E-state index contributed by atoms with van der Waals surface area (Å²) in [6.45, 7) is 3.07. The number of carbonyl (C=O) groups excluding carboxylic acids is 2. The number of nitrogens with one attached hydrogen (secondary N) is 1. The van der Waals surface area contributed by atoms with E-state index in [1.165, 1.54) is 11.1 Å². The van der Waals surface area contributed by atoms with Gasteiger partial charge in [-0.15, -0.1) is 0 Å². The van der Waals surface area contributed by atoms with Crippen LogP contribution in [0.15, 0.2) is 48.5 Å². The summed E-state index contributed by atoms with van der Waals surface area (Å²) in [5.41, 5.74) is 4.68. The Labute approximate surface area is 206 Å². The van der Waals surface area contributed by atoms with Crippen LogP contribution in [0, 0.1) is 5.92 Å². The molecule has 4 rings (SSSR count). The third-order valence-electron chi connectivity index (χ3n) is 7.24. The molecule has 2 aromatic carbocycles. The van der Waals surface area contributed by atoms with Crippen LogP contribution in [0.25, 0.3) is 11.1 Å². The van der Waals surface area contributed by atoms with Gasteiger partial charge in [-0.3, -0.25) is 9.59 Å². The van der Waals surface area contributed by atoms with Crippen molar-refractivity contribution < 1.29 is 24.2 Å². The first-order valence-corrected chi connectivity index (χ1v) is 12.6. The third kappa shape index (κ3) is 5.66. The average molecular weight is 479 g/mol. The fourth-order valence-corrected chi connectivity index (χ4v) is 5.47. The fourth-order valence-electron chi connectivity index (χ4n) is 5.47. The van der Waals surface area contributed by atoms with E-state index in [9.17, 15) is 14.4 Å². The van der Waals surface area contributed by atoms with Gasteiger partial charge in [-0.2, -0.15) is 0 Å². The molecule has 2 atom stereocenters. The number of hydrogen-bond acceptors (Lipinski definition) is 4. The standard InChI is InChI=1S/C28H34N2O5/c1-2-30(17-9-16-26(31)32)27(33)23-14-7-8-15-25(23)29-28(34)35-18-24-21-12-5-3-10-19(21)20-11-4-6-13-22(20)24/h3-6,10-13,23-25H,2,7-9,14-18H2,1H3,(H,29,34)(H,31,32)/t23-,25+/m1/s1. The number of carboxylic acid groups (broad SMARTS) is 1. The first kappa shape index (κ1) is 24.8. The number of hydrogen-bond donors (Lipinski definition) is 2. The highest BCUT2D eigenvalue weighted by molar-refractivity contribution is 5.81. The molecule has 1 saturated carbocycles. The van der Waals surface area contributed by atoms with Crippen molar-refractivity contribution in [2.75, 3.05) is 19.7 Å². The third-order valence-corrected chi connectivity index (χ3v) is 7.24. The molecule has 7 nitrogen and oxygen atoms in total. The van der Waals surface area contributed by atoms with Crippen molar-refractivity contribution >= 4 is 18.0 Å². The van der Waals surface area contributed by atoms with Crippen molar-refractivity contribution in [1.82, 2.24) is 10.2 Å². The van der Waals surface area contributed by atoms with E-state index in [4.69, 9.17) is 9.84 Å². The van der Waals surface area contributed by atoms with Crippen LogP contribution in [0.4, 0.5) is 4.79 Å². The number of carbonyl (C=O) groups is 3. The average Bonchev–Trinajstić information content (AvgIpc) is 3.19. The van der Waals surface area contributed by atoms with Gasteiger partial charge in [0.1, 0.15) is 6.61 Å². The van der Waals surface area contributed by atoms with E-state index in [1.54, 1.807) is 4.90 Å². The summed E-state index contributed by atoms with van der Waals surface area (Å²) in [5, 5.41) is 11.9. The second-order valence-electron chi connectivity index (χ2n) is 9.38. The lowest BCUT2D eigenvalue weighted by atomic mass is 9.83. The van der Waals surface area contributed by atoms with Crippen molar-refractivity contribution in [2.45, 2.75) is 57.4 Å². The quantitative estimate of drug-likeness (QED) is 0.540. The number of carboxylic acids is 1. The molecule has 0 heterocycles. The van der Waals surface area contributed by atoms with Crippen molar-refractivity contribution in [3.8, 4) is 11.1 Å². The number of benzene rings is 2. The predicted molar refractivity (Wildman–Crippen MR) is 133 cm³/mol. The molecular weight excluding hydrogens is 444 g/mol. The lowest BCUT2D eigenvalue weighted by Crippen LogP contribution is -2.50. The number of rotatable bonds is 9. The zero-order chi connectivity index (χ0) is 24.8. The van der Waals surface area contributed by atoms with Crippen LogP contribution in [-0.2, 0) is 14.3 Å². The highest BCUT2D eigenvalue weighted by Crippen LogP contribution is 2.44. The Kier molecular flexibility index (Phi) is 8.06. The Morgan fingerprint density at radius 3 is 2.26 bits per heavy atom. The van der Waals surface area contributed by atoms with Gasteiger partial charge >= 0.3 is 12.1 Å². The summed E-state index contributed by atoms with van der Waals surface area (Å²) in [6, 6.07) is 16.1. The summed E-state index contributed by atoms with van der Waals surface area (Å²) in [6.07, 6.45) is 3.29. The van der Waals surface area contributed by atoms with Crippen molar-refractivity contribution in [1.29, 1.82) is 0 Å². The maximum absolute atomic E-state index is 13.2. The number of fused-ring (bicyclic) bond motifs is 3. The zero-order valence-electron chi connectivity index (χ0n) is 20.2. The van der Waals surface area contributed by atoms with Gasteiger partial charge in [0.25, 0.3) is 0 Å². The SMILES string of the molecule is CCN(CCCC(=O)O)C(=O)[C@@H]1CCCC[C@@H]1NC(=O)OCC1c2ccccc2-c2ccccc21. The lowest BCUT2D eigenvalue weighted by molar-refractivity contribution is -0.140. The van der Waals surface area contributed by atoms with Crippen molar-refractivity contribution in [2.24, 2.45) is 5.92 Å². The molecule has 0 saturated heterocycles. The molecule has 2 aliphatic rings. The summed E-state index contributed by atoms with van der Waals surface area (Å²) >= 11 is 0. The van der Waals surface area contributed by atoms with Crippen LogP contribution < -0.4 is 5.32 Å². The van der Waals surface area contributed by atoms with Gasteiger partial charge in [0, 0.05) is 31.5 Å². The first-order chi connectivity index (χ1) is 17.0. The highest BCUT2D eigenvalue weighted by atomic mass is 16.5. The minimum absolute atomic E-state index is 0.0123. The molecule has 2 aliphatic carbocycles. The van der Waals surface area contributed by atoms with E-state index >= 15 is 0 Å². The molecule has 2 amide bonds. The Hall–Kier alpha value is -3.35. The molecule has 0 aromatic heterocycles. The van der Waals surface area contributed by atoms with E-state index in [-0.39, 0.29) is 36.8 Å². The summed E-state index contributed by atoms with van der Waals surface area (Å²) < 4.78 is 5.71. The van der Waals surface area contributed by atoms with E-state index in [0.717, 1.165) is 30.4 Å². The Bertz CT molecular complexity index is 1020. The van der Waals surface area contributed by atoms with E-state index < -0.39 is 12.1 Å². The van der Waals surface area contributed by atoms with Gasteiger partial charge in [0.15, 0.2) is 0 Å². The second-order valence-corrected chi connectivity index (χ2v) is 9.38. The van der Waals surface area contributed by atoms with Gasteiger partial charge in [-0.25, -0.2) is 4.79 Å². The van der Waals surface area contributed by atoms with Gasteiger partial charge in [0.05, 0.1) is 5.92 Å². The molecule has 2 N–H and O–H groups in total. The van der Waals surface area contributed by atoms with Crippen LogP contribution >= 0.6 is 0 Å². The van der Waals surface area contributed by atoms with Gasteiger partial charge in [0.2, 0.25) is 5.91 Å². The topological polar surface area (TPSA) is 95.9 Å². The molecule has 186 valence electrons. The minimum Gasteiger partial charge on any atom is -0.481 e. The fraction of sp³-hybridized carbons (Fsp3) is 0.464. The van der Waals surface area contributed by atoms with E-state index in [2.05, 4.69) is 29.6 Å². The molecule has 0 aliphatic heterocycles. The van der Waals surface area contributed by atoms with Crippen LogP contribution in [0.3, 0.4) is 0 Å². The summed E-state index contributed by atoms with van der Waals surface area (Å²) in [5.74, 6) is -1.20. The molecule has 1 fully saturated rings. The minimum atomic E-state index is -0.860. The number of aliphatic carboxylic acids is 1. The number of ether oxygens (including phenoxy) is 1. The molecule has 0 spiro atoms. The second kappa shape index (κ2) is 11.4. The van der Waals surface area contributed by atoms with Crippen molar-refractivity contribution in [3.63, 3.8) is 0 Å². The molecule has 35 heavy (non-hydrogen) atoms. The largest absolute Gasteiger partial charge is 0.481 e. The highest BCUT2D eigenvalue weighted by Gasteiger charge is 2.35. The number of amides is 2. The number of nitrogens with zero attached hydrogens (tertiary/aromatic N) is 1. The van der Waals surface area contributed by atoms with Crippen LogP contribution in [-0.4, -0.2) is 53.7 Å². The first-order valence-electron chi connectivity index (χ1n) is 12.6. The Morgan fingerprint density at radius 1 is 1.00 bits per heavy atom. The van der Waals surface area contributed by atoms with Gasteiger partial charge < -0.3 is 20.1 Å². The number of alkyl carbamates (subject to hydrolysis) is 1. The van der Waals surface area contributed by atoms with E-state index in [0.29, 0.717) is 25.9 Å². The molecule has 2 aromatic rings. The zero-order valence-corrected chi connectivity index (χ0v) is 20.2. The smallest absolute Gasteiger partial charge is 0.407 e. The van der Waals surface area contributed by atoms with Crippen LogP contribution in [0.2, 0.25) is 0 Å². The monoisotopic (exact) mass is 478 g/mol. The van der Waals surface area contributed by atoms with Gasteiger partial charge in [-0.1, -0.05) is 61.4 Å². The van der Waals surface area contributed by atoms with Gasteiger partial charge in [-0.05, 0) is 48.4 Å². The van der Waals surface area contributed by atoms with Crippen LogP contribution in [0.5, 0.6) is 0 Å². The Balaban J connectivity index is 1.37. The maximum Gasteiger partial charge on any atom is 0.407 e. The molecule has 0 unspecified atom stereocenters. The predicted octanol–water partition coefficient (Wildman–Crippen LogP) is 4.80. The molecule has 0 bridgehead atoms. The van der Waals surface area contributed by atoms with Crippen LogP contribution in [0.1, 0.15) is 62.5 Å². The molecular formula is C28H34N2O5.